The van der Waals surface area contributed by atoms with Gasteiger partial charge >= 0.3 is 5.97 Å². The van der Waals surface area contributed by atoms with E-state index in [4.69, 9.17) is 20.3 Å². The van der Waals surface area contributed by atoms with Gasteiger partial charge < -0.3 is 20.3 Å². The van der Waals surface area contributed by atoms with Crippen LogP contribution in [0.5, 0.6) is 17.5 Å². The smallest absolute Gasteiger partial charge is 0.341 e. The number of aliphatic carboxylic acids is 1. The summed E-state index contributed by atoms with van der Waals surface area (Å²) in [5, 5.41) is 8.61. The van der Waals surface area contributed by atoms with Gasteiger partial charge in [-0.1, -0.05) is 30.3 Å². The molecule has 3 aromatic rings. The molecule has 28 heavy (non-hydrogen) atoms. The molecule has 0 aliphatic rings. The van der Waals surface area contributed by atoms with Gasteiger partial charge in [0.25, 0.3) is 11.8 Å². The number of pyridine rings is 1. The largest absolute Gasteiger partial charge is 0.479 e. The van der Waals surface area contributed by atoms with Crippen LogP contribution in [0.4, 0.5) is 8.78 Å². The minimum Gasteiger partial charge on any atom is -0.479 e. The third kappa shape index (κ3) is 4.60. The van der Waals surface area contributed by atoms with E-state index in [1.54, 1.807) is 18.2 Å². The Balaban J connectivity index is 1.87. The molecule has 8 heteroatoms. The van der Waals surface area contributed by atoms with Crippen molar-refractivity contribution >= 4 is 5.97 Å². The highest BCUT2D eigenvalue weighted by Crippen LogP contribution is 2.30. The van der Waals surface area contributed by atoms with E-state index in [1.165, 1.54) is 0 Å². The fourth-order valence-electron chi connectivity index (χ4n) is 2.47. The van der Waals surface area contributed by atoms with Gasteiger partial charge in [-0.05, 0) is 34.9 Å². The highest BCUT2D eigenvalue weighted by molar-refractivity contribution is 5.68. The maximum absolute atomic E-state index is 14.0. The van der Waals surface area contributed by atoms with Crippen molar-refractivity contribution in [1.82, 2.24) is 4.98 Å². The summed E-state index contributed by atoms with van der Waals surface area (Å²) in [5.74, 6) is -4.42. The van der Waals surface area contributed by atoms with E-state index in [9.17, 15) is 13.6 Å². The molecule has 0 spiro atoms. The SMILES string of the molecule is NCc1cccc(-c2cccc(Oc3nc(OCC(=O)O)c(F)cc3F)c2)c1. The molecule has 0 fully saturated rings. The summed E-state index contributed by atoms with van der Waals surface area (Å²) in [6.07, 6.45) is 0. The van der Waals surface area contributed by atoms with Crippen molar-refractivity contribution in [3.63, 3.8) is 0 Å². The second-order valence-electron chi connectivity index (χ2n) is 5.78. The molecule has 144 valence electrons. The maximum Gasteiger partial charge on any atom is 0.341 e. The highest BCUT2D eigenvalue weighted by atomic mass is 19.1. The molecule has 0 bridgehead atoms. The van der Waals surface area contributed by atoms with Crippen LogP contribution >= 0.6 is 0 Å². The standard InChI is InChI=1S/C20H16F2N2O4/c21-16-9-17(22)20(24-19(16)27-11-18(25)26)28-15-6-2-5-14(8-15)13-4-1-3-12(7-13)10-23/h1-9H,10-11,23H2,(H,25,26). The Labute approximate surface area is 159 Å². The zero-order valence-electron chi connectivity index (χ0n) is 14.6. The molecular formula is C20H16F2N2O4. The van der Waals surface area contributed by atoms with Gasteiger partial charge in [-0.15, -0.1) is 0 Å². The second kappa shape index (κ2) is 8.45. The van der Waals surface area contributed by atoms with E-state index in [-0.39, 0.29) is 5.75 Å². The highest BCUT2D eigenvalue weighted by Gasteiger charge is 2.16. The molecule has 1 heterocycles. The van der Waals surface area contributed by atoms with Crippen LogP contribution < -0.4 is 15.2 Å². The summed E-state index contributed by atoms with van der Waals surface area (Å²) in [7, 11) is 0. The van der Waals surface area contributed by atoms with Crippen molar-refractivity contribution < 1.29 is 28.2 Å². The fraction of sp³-hybridized carbons (Fsp3) is 0.100. The molecule has 0 amide bonds. The van der Waals surface area contributed by atoms with Crippen LogP contribution in [-0.2, 0) is 11.3 Å². The van der Waals surface area contributed by atoms with Crippen LogP contribution in [0.1, 0.15) is 5.56 Å². The predicted octanol–water partition coefficient (Wildman–Crippen LogP) is 3.74. The minimum absolute atomic E-state index is 0.262. The lowest BCUT2D eigenvalue weighted by atomic mass is 10.0. The number of rotatable bonds is 7. The lowest BCUT2D eigenvalue weighted by Gasteiger charge is -2.10. The van der Waals surface area contributed by atoms with Crippen molar-refractivity contribution in [3.8, 4) is 28.6 Å². The lowest BCUT2D eigenvalue weighted by molar-refractivity contribution is -0.139. The number of hydrogen-bond acceptors (Lipinski definition) is 5. The zero-order chi connectivity index (χ0) is 20.1. The molecular weight excluding hydrogens is 370 g/mol. The maximum atomic E-state index is 14.0. The molecule has 0 radical (unpaired) electrons. The van der Waals surface area contributed by atoms with Gasteiger partial charge in [0.15, 0.2) is 18.2 Å². The zero-order valence-corrected chi connectivity index (χ0v) is 14.6. The third-order valence-corrected chi connectivity index (χ3v) is 3.74. The molecule has 1 aromatic heterocycles. The van der Waals surface area contributed by atoms with Crippen molar-refractivity contribution in [2.75, 3.05) is 6.61 Å². The summed E-state index contributed by atoms with van der Waals surface area (Å²) in [6.45, 7) is -0.421. The van der Waals surface area contributed by atoms with Crippen molar-refractivity contribution in [1.29, 1.82) is 0 Å². The number of carbonyl (C=O) groups is 1. The van der Waals surface area contributed by atoms with Gasteiger partial charge in [-0.25, -0.2) is 13.6 Å². The summed E-state index contributed by atoms with van der Waals surface area (Å²) < 4.78 is 37.8. The van der Waals surface area contributed by atoms with E-state index < -0.39 is 36.0 Å². The Morgan fingerprint density at radius 3 is 2.39 bits per heavy atom. The Morgan fingerprint density at radius 1 is 1.00 bits per heavy atom. The van der Waals surface area contributed by atoms with Crippen molar-refractivity contribution in [3.05, 3.63) is 71.8 Å². The van der Waals surface area contributed by atoms with Gasteiger partial charge in [0.2, 0.25) is 0 Å². The van der Waals surface area contributed by atoms with E-state index in [0.29, 0.717) is 12.6 Å². The van der Waals surface area contributed by atoms with Gasteiger partial charge in [0.05, 0.1) is 0 Å². The Hall–Kier alpha value is -3.52. The van der Waals surface area contributed by atoms with Crippen LogP contribution in [0.2, 0.25) is 0 Å². The van der Waals surface area contributed by atoms with E-state index >= 15 is 0 Å². The average molecular weight is 386 g/mol. The Bertz CT molecular complexity index is 1010. The normalized spacial score (nSPS) is 10.5. The molecule has 0 saturated heterocycles. The number of nitrogens with two attached hydrogens (primary N) is 1. The number of benzene rings is 2. The first kappa shape index (κ1) is 19.2. The Morgan fingerprint density at radius 2 is 1.68 bits per heavy atom. The summed E-state index contributed by atoms with van der Waals surface area (Å²) in [5.41, 5.74) is 8.31. The third-order valence-electron chi connectivity index (χ3n) is 3.74. The summed E-state index contributed by atoms with van der Waals surface area (Å²) in [6, 6.07) is 14.9. The lowest BCUT2D eigenvalue weighted by Crippen LogP contribution is -2.11. The predicted molar refractivity (Wildman–Crippen MR) is 97.1 cm³/mol. The molecule has 0 unspecified atom stereocenters. The van der Waals surface area contributed by atoms with Gasteiger partial charge in [0.1, 0.15) is 5.75 Å². The minimum atomic E-state index is -1.32. The quantitative estimate of drug-likeness (QED) is 0.642. The molecule has 3 N–H and O–H groups in total. The van der Waals surface area contributed by atoms with Crippen LogP contribution in [0, 0.1) is 11.6 Å². The van der Waals surface area contributed by atoms with Crippen LogP contribution in [0.3, 0.4) is 0 Å². The number of aromatic nitrogens is 1. The number of halogens is 2. The van der Waals surface area contributed by atoms with E-state index in [0.717, 1.165) is 16.7 Å². The first-order valence-corrected chi connectivity index (χ1v) is 8.24. The molecule has 0 atom stereocenters. The molecule has 6 nitrogen and oxygen atoms in total. The van der Waals surface area contributed by atoms with Crippen molar-refractivity contribution in [2.24, 2.45) is 5.73 Å². The van der Waals surface area contributed by atoms with Gasteiger partial charge in [-0.2, -0.15) is 4.98 Å². The number of hydrogen-bond donors (Lipinski definition) is 2. The second-order valence-corrected chi connectivity index (χ2v) is 5.78. The molecule has 3 rings (SSSR count). The number of carboxylic acid groups (broad SMARTS) is 1. The monoisotopic (exact) mass is 386 g/mol. The fourth-order valence-corrected chi connectivity index (χ4v) is 2.47. The van der Waals surface area contributed by atoms with Crippen LogP contribution in [0.15, 0.2) is 54.6 Å². The molecule has 2 aromatic carbocycles. The number of nitrogens with zero attached hydrogens (tertiary/aromatic N) is 1. The number of carboxylic acids is 1. The van der Waals surface area contributed by atoms with Gasteiger partial charge in [0, 0.05) is 12.6 Å². The molecule has 0 aliphatic carbocycles. The molecule has 0 aliphatic heterocycles. The first-order valence-electron chi connectivity index (χ1n) is 8.24. The Kier molecular flexibility index (Phi) is 5.81. The summed E-state index contributed by atoms with van der Waals surface area (Å²) in [4.78, 5) is 14.2. The van der Waals surface area contributed by atoms with Crippen LogP contribution in [-0.4, -0.2) is 22.7 Å². The topological polar surface area (TPSA) is 94.7 Å². The summed E-state index contributed by atoms with van der Waals surface area (Å²) >= 11 is 0. The van der Waals surface area contributed by atoms with E-state index in [1.807, 2.05) is 30.3 Å². The van der Waals surface area contributed by atoms with E-state index in [2.05, 4.69) is 4.98 Å². The van der Waals surface area contributed by atoms with Crippen LogP contribution in [0.25, 0.3) is 11.1 Å². The van der Waals surface area contributed by atoms with Gasteiger partial charge in [-0.3, -0.25) is 0 Å². The average Bonchev–Trinajstić information content (AvgIpc) is 2.69. The first-order chi connectivity index (χ1) is 13.5. The van der Waals surface area contributed by atoms with Crippen molar-refractivity contribution in [2.45, 2.75) is 6.54 Å². The molecule has 0 saturated carbocycles. The number of ether oxygens (including phenoxy) is 2.